The lowest BCUT2D eigenvalue weighted by atomic mass is 9.78. The summed E-state index contributed by atoms with van der Waals surface area (Å²) < 4.78 is 26.1. The number of aromatic nitrogens is 3. The number of benzene rings is 3. The second kappa shape index (κ2) is 20.7. The van der Waals surface area contributed by atoms with Gasteiger partial charge in [0, 0.05) is 98.0 Å². The molecule has 1 saturated heterocycles. The van der Waals surface area contributed by atoms with Crippen LogP contribution in [0.5, 0.6) is 17.2 Å². The SMILES string of the molecule is CO[C@H]1/C=C/O[C@@]2(C)Oc3c(C)c(O)c4c(O)c(c5c(c4c3C2=O)=NC2(CCN(CC(C)C)CC2)N=5)NC(=O)/C(C)=C\C=C\[C@H](C)[C@H](O)[C@@H](C)[C@@H](O)[C@@H](C)[C@H](OC(=O)Cn2cc(-c3ccc(N)cc3)nn2)[C@@H]1C. The number of ether oxygens (including phenoxy) is 4. The molecular formula is C54H68N8O11. The molecule has 5 bridgehead atoms. The molecule has 1 aromatic heterocycles. The number of amides is 1. The number of nitrogens with one attached hydrogen (secondary N) is 1. The van der Waals surface area contributed by atoms with Gasteiger partial charge < -0.3 is 55.3 Å². The number of aliphatic hydroxyl groups excluding tert-OH is 2. The molecule has 0 aliphatic carbocycles. The van der Waals surface area contributed by atoms with E-state index in [9.17, 15) is 34.8 Å². The van der Waals surface area contributed by atoms with Crippen molar-refractivity contribution >= 4 is 39.8 Å². The topological polar surface area (TPSA) is 266 Å². The van der Waals surface area contributed by atoms with Gasteiger partial charge in [0.1, 0.15) is 40.9 Å². The fraction of sp³-hybridized carbons (Fsp3) is 0.500. The molecule has 5 aliphatic heterocycles. The van der Waals surface area contributed by atoms with Gasteiger partial charge in [-0.15, -0.1) is 5.10 Å². The number of rotatable bonds is 7. The first-order chi connectivity index (χ1) is 34.6. The molecule has 1 amide bonds. The van der Waals surface area contributed by atoms with Gasteiger partial charge in [0.25, 0.3) is 11.7 Å². The fourth-order valence-electron chi connectivity index (χ4n) is 10.5. The highest BCUT2D eigenvalue weighted by Crippen LogP contribution is 2.50. The molecule has 390 valence electrons. The molecule has 0 unspecified atom stereocenters. The number of aromatic hydroxyl groups is 2. The number of ketones is 1. The van der Waals surface area contributed by atoms with Crippen molar-refractivity contribution in [2.24, 2.45) is 39.6 Å². The highest BCUT2D eigenvalue weighted by molar-refractivity contribution is 6.19. The second-order valence-corrected chi connectivity index (χ2v) is 20.8. The zero-order valence-corrected chi connectivity index (χ0v) is 43.1. The van der Waals surface area contributed by atoms with E-state index in [0.717, 1.165) is 12.1 Å². The molecule has 19 heteroatoms. The fourth-order valence-corrected chi connectivity index (χ4v) is 10.5. The Morgan fingerprint density at radius 1 is 0.945 bits per heavy atom. The first kappa shape index (κ1) is 52.6. The third kappa shape index (κ3) is 10.2. The van der Waals surface area contributed by atoms with Crippen LogP contribution in [0.2, 0.25) is 0 Å². The van der Waals surface area contributed by atoms with E-state index < -0.39 is 88.7 Å². The number of piperidine rings is 1. The predicted molar refractivity (Wildman–Crippen MR) is 272 cm³/mol. The first-order valence-corrected chi connectivity index (χ1v) is 24.9. The summed E-state index contributed by atoms with van der Waals surface area (Å²) >= 11 is 0. The van der Waals surface area contributed by atoms with E-state index in [-0.39, 0.29) is 56.2 Å². The molecule has 5 aliphatic rings. The number of anilines is 2. The summed E-state index contributed by atoms with van der Waals surface area (Å²) in [6.45, 7) is 17.8. The summed E-state index contributed by atoms with van der Waals surface area (Å²) in [5.74, 6) is -7.12. The van der Waals surface area contributed by atoms with E-state index in [4.69, 9.17) is 34.7 Å². The number of esters is 1. The quantitative estimate of drug-likeness (QED) is 0.0783. The van der Waals surface area contributed by atoms with Gasteiger partial charge in [0.15, 0.2) is 11.4 Å². The van der Waals surface area contributed by atoms with E-state index in [1.807, 2.05) is 0 Å². The number of hydrogen-bond acceptors (Lipinski definition) is 17. The molecule has 1 spiro atoms. The molecule has 9 atom stereocenters. The van der Waals surface area contributed by atoms with Crippen molar-refractivity contribution in [2.75, 3.05) is 37.8 Å². The lowest BCUT2D eigenvalue weighted by Gasteiger charge is -2.38. The average molecular weight is 1010 g/mol. The molecule has 6 heterocycles. The maximum atomic E-state index is 14.9. The molecule has 1 fully saturated rings. The molecule has 0 radical (unpaired) electrons. The number of allylic oxidation sites excluding steroid dienone is 2. The van der Waals surface area contributed by atoms with Gasteiger partial charge in [-0.2, -0.15) is 0 Å². The number of methoxy groups -OCH3 is 1. The van der Waals surface area contributed by atoms with Crippen molar-refractivity contribution in [3.8, 4) is 28.5 Å². The molecule has 3 aromatic carbocycles. The van der Waals surface area contributed by atoms with Crippen molar-refractivity contribution < 1.29 is 53.8 Å². The highest BCUT2D eigenvalue weighted by Gasteiger charge is 2.50. The number of phenolic OH excluding ortho intramolecular Hbond substituents is 2. The predicted octanol–water partition coefficient (Wildman–Crippen LogP) is 5.27. The number of nitrogens with zero attached hydrogens (tertiary/aromatic N) is 6. The van der Waals surface area contributed by atoms with Crippen LogP contribution in [0.4, 0.5) is 11.4 Å². The largest absolute Gasteiger partial charge is 0.507 e. The van der Waals surface area contributed by atoms with Crippen LogP contribution in [0.25, 0.3) is 22.0 Å². The third-order valence-electron chi connectivity index (χ3n) is 14.9. The minimum atomic E-state index is -2.01. The number of hydrogen-bond donors (Lipinski definition) is 6. The molecule has 0 saturated carbocycles. The zero-order valence-electron chi connectivity index (χ0n) is 43.1. The number of carbonyl (C=O) groups excluding carboxylic acids is 3. The summed E-state index contributed by atoms with van der Waals surface area (Å²) in [5.41, 5.74) is 7.02. The standard InChI is InChI=1S/C54H68N8O11/c1-27(2)24-61-21-19-54(20-22-61)57-42-39-40-47(66)33(8)50-41(39)51(68)53(9,73-50)71-23-18-37(70-10)30(5)49(72-38(63)26-62-25-36(59-60-62)34-14-16-35(55)17-15-34)32(7)46(65)31(6)45(64)28(3)12-11-13-29(4)52(69)56-44(48(40)67)43(42)58-54/h11-18,23,25,27-28,30-32,37,45-46,49,64-67H,19-22,24,26,55H2,1-10H3,(H,56,69)/b12-11+,23-18+,29-13-/t28-,30+,31+,32+,37-,45-,46+,49+,53-/m0/s1. The summed E-state index contributed by atoms with van der Waals surface area (Å²) in [5, 5.41) is 59.4. The Bertz CT molecular complexity index is 3010. The van der Waals surface area contributed by atoms with Gasteiger partial charge in [-0.05, 0) is 38.0 Å². The van der Waals surface area contributed by atoms with Crippen molar-refractivity contribution in [1.82, 2.24) is 19.9 Å². The van der Waals surface area contributed by atoms with Crippen molar-refractivity contribution in [3.05, 3.63) is 88.4 Å². The Morgan fingerprint density at radius 3 is 2.30 bits per heavy atom. The van der Waals surface area contributed by atoms with Crippen LogP contribution in [0.3, 0.4) is 0 Å². The number of likely N-dealkylation sites (tertiary alicyclic amines) is 1. The Morgan fingerprint density at radius 2 is 1.63 bits per heavy atom. The molecule has 4 aromatic rings. The van der Waals surface area contributed by atoms with Gasteiger partial charge in [-0.3, -0.25) is 24.4 Å². The van der Waals surface area contributed by atoms with Crippen molar-refractivity contribution in [1.29, 1.82) is 0 Å². The van der Waals surface area contributed by atoms with Gasteiger partial charge in [-0.1, -0.05) is 77.1 Å². The van der Waals surface area contributed by atoms with Crippen LogP contribution in [-0.2, 0) is 30.3 Å². The Labute approximate surface area is 424 Å². The van der Waals surface area contributed by atoms with Crippen molar-refractivity contribution in [2.45, 2.75) is 118 Å². The number of fused-ring (bicyclic) bond motifs is 13. The molecular weight excluding hydrogens is 937 g/mol. The van der Waals surface area contributed by atoms with Crippen LogP contribution in [0.15, 0.2) is 76.6 Å². The summed E-state index contributed by atoms with van der Waals surface area (Å²) in [7, 11) is 1.46. The number of aliphatic hydroxyl groups is 2. The highest BCUT2D eigenvalue weighted by atomic mass is 16.7. The number of nitrogens with two attached hydrogens (primary N) is 1. The monoisotopic (exact) mass is 1000 g/mol. The third-order valence-corrected chi connectivity index (χ3v) is 14.9. The minimum Gasteiger partial charge on any atom is -0.507 e. The number of phenols is 2. The normalized spacial score (nSPS) is 29.2. The minimum absolute atomic E-state index is 0.0133. The van der Waals surface area contributed by atoms with Crippen LogP contribution >= 0.6 is 0 Å². The molecule has 19 nitrogen and oxygen atoms in total. The van der Waals surface area contributed by atoms with E-state index in [0.29, 0.717) is 43.2 Å². The zero-order chi connectivity index (χ0) is 52.8. The Balaban J connectivity index is 1.19. The lowest BCUT2D eigenvalue weighted by Crippen LogP contribution is -2.47. The summed E-state index contributed by atoms with van der Waals surface area (Å²) in [6, 6.07) is 7.05. The van der Waals surface area contributed by atoms with Crippen LogP contribution in [0.1, 0.15) is 84.2 Å². The number of carbonyl (C=O) groups is 3. The average Bonchev–Trinajstić information content (AvgIpc) is 4.05. The van der Waals surface area contributed by atoms with Gasteiger partial charge >= 0.3 is 11.8 Å². The summed E-state index contributed by atoms with van der Waals surface area (Å²) in [6.07, 6.45) is 6.13. The van der Waals surface area contributed by atoms with Gasteiger partial charge in [0.05, 0.1) is 47.1 Å². The lowest BCUT2D eigenvalue weighted by molar-refractivity contribution is -0.164. The molecule has 7 N–H and O–H groups in total. The van der Waals surface area contributed by atoms with Crippen LogP contribution in [0, 0.1) is 36.5 Å². The second-order valence-electron chi connectivity index (χ2n) is 20.8. The van der Waals surface area contributed by atoms with E-state index in [1.54, 1.807) is 90.2 Å². The molecule has 9 rings (SSSR count). The number of nitrogen functional groups attached to an aromatic ring is 1. The Hall–Kier alpha value is -6.67. The van der Waals surface area contributed by atoms with Gasteiger partial charge in [0.2, 0.25) is 0 Å². The van der Waals surface area contributed by atoms with Gasteiger partial charge in [-0.25, -0.2) is 4.68 Å². The summed E-state index contributed by atoms with van der Waals surface area (Å²) in [4.78, 5) is 55.6. The first-order valence-electron chi connectivity index (χ1n) is 24.9. The maximum Gasteiger partial charge on any atom is 0.328 e. The number of Topliss-reactive ketones (excluding diaryl/α,β-unsaturated/α-hetero) is 1. The molecule has 73 heavy (non-hydrogen) atoms. The Kier molecular flexibility index (Phi) is 14.9. The van der Waals surface area contributed by atoms with Crippen molar-refractivity contribution in [3.63, 3.8) is 0 Å². The van der Waals surface area contributed by atoms with E-state index >= 15 is 0 Å². The van der Waals surface area contributed by atoms with Crippen LogP contribution in [-0.4, -0.2) is 121 Å². The van der Waals surface area contributed by atoms with E-state index in [1.165, 1.54) is 31.1 Å². The van der Waals surface area contributed by atoms with E-state index in [2.05, 4.69) is 34.4 Å². The van der Waals surface area contributed by atoms with Crippen LogP contribution < -0.4 is 26.5 Å². The smallest absolute Gasteiger partial charge is 0.328 e. The maximum absolute atomic E-state index is 14.9.